The summed E-state index contributed by atoms with van der Waals surface area (Å²) in [5, 5.41) is 4.63. The van der Waals surface area contributed by atoms with Gasteiger partial charge in [-0.15, -0.1) is 0 Å². The van der Waals surface area contributed by atoms with Gasteiger partial charge >= 0.3 is 6.09 Å². The summed E-state index contributed by atoms with van der Waals surface area (Å²) in [7, 11) is 1.61. The van der Waals surface area contributed by atoms with Gasteiger partial charge < -0.3 is 14.5 Å². The minimum atomic E-state index is -1.03. The molecule has 2 aliphatic rings. The average Bonchev–Trinajstić information content (AvgIpc) is 3.35. The number of aromatic amines is 1. The second-order valence-electron chi connectivity index (χ2n) is 10.0. The minimum absolute atomic E-state index is 0.0954. The Kier molecular flexibility index (Phi) is 6.90. The van der Waals surface area contributed by atoms with Gasteiger partial charge in [0.25, 0.3) is 0 Å². The number of carbonyl (C=O) groups excluding carboxylic acids is 3. The van der Waals surface area contributed by atoms with E-state index in [0.717, 1.165) is 40.2 Å². The Hall–Kier alpha value is -4.72. The number of nitrogens with zero attached hydrogens (tertiary/aromatic N) is 1. The normalized spacial score (nSPS) is 15.8. The number of ether oxygens (including phenoxy) is 2. The van der Waals surface area contributed by atoms with Gasteiger partial charge in [0, 0.05) is 45.8 Å². The van der Waals surface area contributed by atoms with E-state index in [-0.39, 0.29) is 17.4 Å². The molecule has 2 aliphatic carbocycles. The highest BCUT2D eigenvalue weighted by Gasteiger charge is 2.33. The second kappa shape index (κ2) is 10.8. The summed E-state index contributed by atoms with van der Waals surface area (Å²) in [6.07, 6.45) is 5.41. The first-order valence-electron chi connectivity index (χ1n) is 13.5. The van der Waals surface area contributed by atoms with Crippen LogP contribution < -0.4 is 10.1 Å². The Morgan fingerprint density at radius 1 is 0.925 bits per heavy atom. The van der Waals surface area contributed by atoms with E-state index in [1.54, 1.807) is 25.3 Å². The van der Waals surface area contributed by atoms with Crippen LogP contribution in [0.3, 0.4) is 0 Å². The smallest absolute Gasteiger partial charge is 0.413 e. The molecule has 4 aromatic rings. The van der Waals surface area contributed by atoms with Gasteiger partial charge in [-0.25, -0.2) is 9.78 Å². The zero-order valence-corrected chi connectivity index (χ0v) is 22.2. The van der Waals surface area contributed by atoms with Crippen LogP contribution in [0.5, 0.6) is 5.75 Å². The fourth-order valence-electron chi connectivity index (χ4n) is 5.49. The van der Waals surface area contributed by atoms with Crippen molar-refractivity contribution in [3.8, 4) is 17.0 Å². The SMILES string of the molecule is COc1cccc(-c2nc(NC(=O)OC(C3=CCCCC3=O)C3=CCCCC3=O)cc3c2[nH]c2ccccc23)c1. The maximum absolute atomic E-state index is 13.3. The van der Waals surface area contributed by atoms with E-state index in [9.17, 15) is 14.4 Å². The number of amides is 1. The van der Waals surface area contributed by atoms with Gasteiger partial charge in [-0.2, -0.15) is 0 Å². The van der Waals surface area contributed by atoms with Crippen LogP contribution in [0, 0.1) is 0 Å². The quantitative estimate of drug-likeness (QED) is 0.285. The lowest BCUT2D eigenvalue weighted by molar-refractivity contribution is -0.117. The maximum Gasteiger partial charge on any atom is 0.413 e. The lowest BCUT2D eigenvalue weighted by atomic mass is 9.85. The Morgan fingerprint density at radius 3 is 2.35 bits per heavy atom. The molecule has 0 spiro atoms. The standard InChI is InChI=1S/C32H29N3O5/c1-39-20-10-8-9-19(17-20)29-30-24(21-11-2-5-14-25(21)33-30)18-28(34-29)35-32(38)40-31(22-12-3-6-15-26(22)36)23-13-4-7-16-27(23)37/h2,5,8-14,17-18,31,33H,3-4,6-7,15-16H2,1H3,(H,34,35,38). The lowest BCUT2D eigenvalue weighted by Crippen LogP contribution is -2.33. The van der Waals surface area contributed by atoms with E-state index in [4.69, 9.17) is 14.5 Å². The molecule has 2 N–H and O–H groups in total. The zero-order valence-electron chi connectivity index (χ0n) is 22.2. The zero-order chi connectivity index (χ0) is 27.6. The predicted octanol–water partition coefficient (Wildman–Crippen LogP) is 6.67. The van der Waals surface area contributed by atoms with Gasteiger partial charge in [0.2, 0.25) is 0 Å². The highest BCUT2D eigenvalue weighted by atomic mass is 16.6. The number of Topliss-reactive ketones (excluding diaryl/α,β-unsaturated/α-hetero) is 2. The Labute approximate surface area is 231 Å². The first-order valence-corrected chi connectivity index (χ1v) is 13.5. The number of pyridine rings is 1. The van der Waals surface area contributed by atoms with E-state index in [1.807, 2.05) is 48.5 Å². The highest BCUT2D eigenvalue weighted by molar-refractivity contribution is 6.12. The summed E-state index contributed by atoms with van der Waals surface area (Å²) in [4.78, 5) is 47.1. The molecular formula is C32H29N3O5. The summed E-state index contributed by atoms with van der Waals surface area (Å²) in [6.45, 7) is 0. The van der Waals surface area contributed by atoms with Crippen LogP contribution in [0.1, 0.15) is 38.5 Å². The summed E-state index contributed by atoms with van der Waals surface area (Å²) in [5.41, 5.74) is 3.95. The molecule has 2 aromatic carbocycles. The molecule has 8 nitrogen and oxygen atoms in total. The van der Waals surface area contributed by atoms with Crippen LogP contribution in [-0.4, -0.2) is 40.8 Å². The predicted molar refractivity (Wildman–Crippen MR) is 153 cm³/mol. The third kappa shape index (κ3) is 4.88. The minimum Gasteiger partial charge on any atom is -0.497 e. The van der Waals surface area contributed by atoms with Crippen molar-refractivity contribution in [3.05, 3.63) is 77.9 Å². The van der Waals surface area contributed by atoms with Crippen LogP contribution in [0.25, 0.3) is 33.1 Å². The van der Waals surface area contributed by atoms with E-state index in [2.05, 4.69) is 10.3 Å². The number of allylic oxidation sites excluding steroid dienone is 2. The highest BCUT2D eigenvalue weighted by Crippen LogP contribution is 2.35. The fraction of sp³-hybridized carbons (Fsp3) is 0.250. The molecule has 0 aliphatic heterocycles. The molecule has 2 aromatic heterocycles. The Balaban J connectivity index is 1.38. The number of fused-ring (bicyclic) bond motifs is 3. The Bertz CT molecular complexity index is 1680. The summed E-state index contributed by atoms with van der Waals surface area (Å²) >= 11 is 0. The van der Waals surface area contributed by atoms with E-state index in [0.29, 0.717) is 48.3 Å². The van der Waals surface area contributed by atoms with Crippen molar-refractivity contribution in [1.82, 2.24) is 9.97 Å². The number of anilines is 1. The molecule has 202 valence electrons. The van der Waals surface area contributed by atoms with Gasteiger partial charge in [-0.05, 0) is 49.9 Å². The lowest BCUT2D eigenvalue weighted by Gasteiger charge is -2.26. The molecular weight excluding hydrogens is 506 g/mol. The largest absolute Gasteiger partial charge is 0.497 e. The molecule has 2 heterocycles. The molecule has 0 fully saturated rings. The van der Waals surface area contributed by atoms with Crippen molar-refractivity contribution in [2.75, 3.05) is 12.4 Å². The van der Waals surface area contributed by atoms with Crippen molar-refractivity contribution < 1.29 is 23.9 Å². The molecule has 6 rings (SSSR count). The van der Waals surface area contributed by atoms with Crippen LogP contribution >= 0.6 is 0 Å². The van der Waals surface area contributed by atoms with Crippen LogP contribution in [0.15, 0.2) is 77.9 Å². The van der Waals surface area contributed by atoms with Gasteiger partial charge in [-0.1, -0.05) is 42.5 Å². The number of methoxy groups -OCH3 is 1. The summed E-state index contributed by atoms with van der Waals surface area (Å²) in [5.74, 6) is 0.774. The molecule has 0 saturated carbocycles. The molecule has 0 atom stereocenters. The average molecular weight is 536 g/mol. The summed E-state index contributed by atoms with van der Waals surface area (Å²) < 4.78 is 11.3. The number of hydrogen-bond donors (Lipinski definition) is 2. The molecule has 40 heavy (non-hydrogen) atoms. The van der Waals surface area contributed by atoms with Crippen molar-refractivity contribution in [2.24, 2.45) is 0 Å². The molecule has 0 unspecified atom stereocenters. The first kappa shape index (κ1) is 25.6. The fourth-order valence-corrected chi connectivity index (χ4v) is 5.49. The second-order valence-corrected chi connectivity index (χ2v) is 10.0. The monoisotopic (exact) mass is 535 g/mol. The van der Waals surface area contributed by atoms with Gasteiger partial charge in [0.1, 0.15) is 11.6 Å². The number of hydrogen-bond acceptors (Lipinski definition) is 6. The van der Waals surface area contributed by atoms with Gasteiger partial charge in [-0.3, -0.25) is 14.9 Å². The van der Waals surface area contributed by atoms with Crippen molar-refractivity contribution >= 4 is 45.3 Å². The van der Waals surface area contributed by atoms with Crippen LogP contribution in [0.4, 0.5) is 10.6 Å². The topological polar surface area (TPSA) is 110 Å². The van der Waals surface area contributed by atoms with Crippen LogP contribution in [0.2, 0.25) is 0 Å². The number of H-pyrrole nitrogens is 1. The first-order chi connectivity index (χ1) is 19.5. The van der Waals surface area contributed by atoms with Crippen molar-refractivity contribution in [3.63, 3.8) is 0 Å². The van der Waals surface area contributed by atoms with E-state index in [1.165, 1.54) is 0 Å². The third-order valence-electron chi connectivity index (χ3n) is 7.45. The summed E-state index contributed by atoms with van der Waals surface area (Å²) in [6, 6.07) is 17.2. The van der Waals surface area contributed by atoms with E-state index >= 15 is 0 Å². The number of nitrogens with one attached hydrogen (secondary N) is 2. The van der Waals surface area contributed by atoms with Gasteiger partial charge in [0.15, 0.2) is 17.7 Å². The van der Waals surface area contributed by atoms with Crippen LogP contribution in [-0.2, 0) is 14.3 Å². The number of rotatable bonds is 6. The van der Waals surface area contributed by atoms with E-state index < -0.39 is 12.2 Å². The number of benzene rings is 2. The number of ketones is 2. The molecule has 0 bridgehead atoms. The molecule has 1 amide bonds. The molecule has 0 radical (unpaired) electrons. The number of aromatic nitrogens is 2. The van der Waals surface area contributed by atoms with Crippen molar-refractivity contribution in [2.45, 2.75) is 44.6 Å². The number of para-hydroxylation sites is 1. The molecule has 8 heteroatoms. The molecule has 0 saturated heterocycles. The third-order valence-corrected chi connectivity index (χ3v) is 7.45. The maximum atomic E-state index is 13.3. The van der Waals surface area contributed by atoms with Gasteiger partial charge in [0.05, 0.1) is 18.3 Å². The van der Waals surface area contributed by atoms with Crippen molar-refractivity contribution in [1.29, 1.82) is 0 Å². The Morgan fingerprint density at radius 2 is 1.65 bits per heavy atom. The number of carbonyl (C=O) groups is 3.